The maximum Gasteiger partial charge on any atom is 0.253 e. The first-order valence-corrected chi connectivity index (χ1v) is 13.5. The SMILES string of the molecule is CN1CCN(C(=O)c2ccc(-c3ccc(CC4CCCC(N5CCCC5=O)C4)c(Cl)c3)cc2)CC1. The zero-order valence-electron chi connectivity index (χ0n) is 20.7. The van der Waals surface area contributed by atoms with E-state index in [2.05, 4.69) is 35.0 Å². The van der Waals surface area contributed by atoms with E-state index in [1.807, 2.05) is 29.2 Å². The first-order valence-electron chi connectivity index (χ1n) is 13.1. The number of rotatable bonds is 5. The van der Waals surface area contributed by atoms with Gasteiger partial charge in [-0.3, -0.25) is 9.59 Å². The highest BCUT2D eigenvalue weighted by molar-refractivity contribution is 6.31. The summed E-state index contributed by atoms with van der Waals surface area (Å²) in [4.78, 5) is 31.4. The van der Waals surface area contributed by atoms with Gasteiger partial charge >= 0.3 is 0 Å². The third-order valence-electron chi connectivity index (χ3n) is 8.12. The van der Waals surface area contributed by atoms with Crippen molar-refractivity contribution in [3.63, 3.8) is 0 Å². The summed E-state index contributed by atoms with van der Waals surface area (Å²) in [6.07, 6.45) is 7.33. The van der Waals surface area contributed by atoms with Crippen molar-refractivity contribution in [3.8, 4) is 11.1 Å². The molecule has 5 nitrogen and oxygen atoms in total. The number of likely N-dealkylation sites (N-methyl/N-ethyl adjacent to an activating group) is 1. The van der Waals surface area contributed by atoms with Gasteiger partial charge in [-0.25, -0.2) is 0 Å². The largest absolute Gasteiger partial charge is 0.340 e. The maximum atomic E-state index is 12.8. The first kappa shape index (κ1) is 24.3. The molecule has 1 aliphatic carbocycles. The minimum atomic E-state index is 0.111. The van der Waals surface area contributed by atoms with Crippen LogP contribution in [0.1, 0.15) is 54.4 Å². The van der Waals surface area contributed by atoms with Crippen LogP contribution in [0.2, 0.25) is 5.02 Å². The molecule has 0 N–H and O–H groups in total. The van der Waals surface area contributed by atoms with Gasteiger partial charge in [-0.15, -0.1) is 0 Å². The van der Waals surface area contributed by atoms with Crippen molar-refractivity contribution in [1.82, 2.24) is 14.7 Å². The van der Waals surface area contributed by atoms with E-state index < -0.39 is 0 Å². The first-order chi connectivity index (χ1) is 17.0. The molecule has 3 aliphatic rings. The quantitative estimate of drug-likeness (QED) is 0.580. The number of likely N-dealkylation sites (tertiary alicyclic amines) is 1. The Balaban J connectivity index is 1.22. The van der Waals surface area contributed by atoms with Crippen LogP contribution in [0.3, 0.4) is 0 Å². The molecule has 6 heteroatoms. The number of halogens is 1. The third-order valence-corrected chi connectivity index (χ3v) is 8.48. The molecule has 2 heterocycles. The van der Waals surface area contributed by atoms with Crippen molar-refractivity contribution in [2.24, 2.45) is 5.92 Å². The second-order valence-corrected chi connectivity index (χ2v) is 11.0. The van der Waals surface area contributed by atoms with Gasteiger partial charge in [-0.2, -0.15) is 0 Å². The lowest BCUT2D eigenvalue weighted by molar-refractivity contribution is -0.130. The molecule has 0 spiro atoms. The summed E-state index contributed by atoms with van der Waals surface area (Å²) in [6, 6.07) is 14.7. The van der Waals surface area contributed by atoms with Crippen LogP contribution in [0.4, 0.5) is 0 Å². The fraction of sp³-hybridized carbons (Fsp3) is 0.517. The Morgan fingerprint density at radius 2 is 1.69 bits per heavy atom. The van der Waals surface area contributed by atoms with Crippen LogP contribution in [-0.4, -0.2) is 72.3 Å². The number of hydrogen-bond donors (Lipinski definition) is 0. The van der Waals surface area contributed by atoms with E-state index >= 15 is 0 Å². The summed E-state index contributed by atoms with van der Waals surface area (Å²) in [5, 5.41) is 0.805. The monoisotopic (exact) mass is 493 g/mol. The lowest BCUT2D eigenvalue weighted by Crippen LogP contribution is -2.47. The number of nitrogens with zero attached hydrogens (tertiary/aromatic N) is 3. The average Bonchev–Trinajstić information content (AvgIpc) is 3.31. The lowest BCUT2D eigenvalue weighted by atomic mass is 9.81. The van der Waals surface area contributed by atoms with E-state index in [1.165, 1.54) is 18.4 Å². The van der Waals surface area contributed by atoms with Gasteiger partial charge < -0.3 is 14.7 Å². The summed E-state index contributed by atoms with van der Waals surface area (Å²) in [7, 11) is 2.09. The van der Waals surface area contributed by atoms with Gasteiger partial charge in [-0.05, 0) is 80.0 Å². The van der Waals surface area contributed by atoms with Crippen LogP contribution in [0.15, 0.2) is 42.5 Å². The second-order valence-electron chi connectivity index (χ2n) is 10.6. The van der Waals surface area contributed by atoms with E-state index in [0.29, 0.717) is 17.9 Å². The highest BCUT2D eigenvalue weighted by atomic mass is 35.5. The Bertz CT molecular complexity index is 1060. The molecular formula is C29H36ClN3O2. The molecule has 0 bridgehead atoms. The molecule has 2 saturated heterocycles. The van der Waals surface area contributed by atoms with Gasteiger partial charge in [0.05, 0.1) is 0 Å². The Kier molecular flexibility index (Phi) is 7.45. The molecule has 2 amide bonds. The number of hydrogen-bond acceptors (Lipinski definition) is 3. The molecule has 0 radical (unpaired) electrons. The van der Waals surface area contributed by atoms with Gasteiger partial charge in [0.25, 0.3) is 5.91 Å². The van der Waals surface area contributed by atoms with Crippen LogP contribution in [-0.2, 0) is 11.2 Å². The molecule has 0 aromatic heterocycles. The molecule has 3 fully saturated rings. The van der Waals surface area contributed by atoms with Crippen molar-refractivity contribution in [1.29, 1.82) is 0 Å². The third kappa shape index (κ3) is 5.57. The zero-order chi connectivity index (χ0) is 24.4. The molecule has 2 atom stereocenters. The standard InChI is InChI=1S/C29H36ClN3O2/c1-31-14-16-32(17-15-31)29(35)23-9-7-22(8-10-23)24-11-12-25(27(30)20-24)18-21-4-2-5-26(19-21)33-13-3-6-28(33)34/h7-12,20-21,26H,2-6,13-19H2,1H3. The predicted octanol–water partition coefficient (Wildman–Crippen LogP) is 5.12. The molecule has 2 aromatic carbocycles. The highest BCUT2D eigenvalue weighted by Gasteiger charge is 2.32. The topological polar surface area (TPSA) is 43.9 Å². The molecule has 1 saturated carbocycles. The number of amides is 2. The molecule has 186 valence electrons. The van der Waals surface area contributed by atoms with Gasteiger partial charge in [0, 0.05) is 55.8 Å². The Labute approximate surface area is 214 Å². The lowest BCUT2D eigenvalue weighted by Gasteiger charge is -2.35. The fourth-order valence-corrected chi connectivity index (χ4v) is 6.24. The minimum Gasteiger partial charge on any atom is -0.340 e. The van der Waals surface area contributed by atoms with Crippen molar-refractivity contribution in [2.45, 2.75) is 51.0 Å². The maximum absolute atomic E-state index is 12.8. The Morgan fingerprint density at radius 3 is 2.37 bits per heavy atom. The fourth-order valence-electron chi connectivity index (χ4n) is 5.99. The summed E-state index contributed by atoms with van der Waals surface area (Å²) in [5.41, 5.74) is 4.07. The molecular weight excluding hydrogens is 458 g/mol. The summed E-state index contributed by atoms with van der Waals surface area (Å²) in [5.74, 6) is 1.03. The number of carbonyl (C=O) groups excluding carboxylic acids is 2. The second kappa shape index (κ2) is 10.7. The van der Waals surface area contributed by atoms with Crippen molar-refractivity contribution in [3.05, 3.63) is 58.6 Å². The Hall–Kier alpha value is -2.37. The number of carbonyl (C=O) groups is 2. The van der Waals surface area contributed by atoms with E-state index in [1.54, 1.807) is 0 Å². The van der Waals surface area contributed by atoms with Gasteiger partial charge in [-0.1, -0.05) is 42.3 Å². The average molecular weight is 494 g/mol. The van der Waals surface area contributed by atoms with Crippen molar-refractivity contribution < 1.29 is 9.59 Å². The van der Waals surface area contributed by atoms with E-state index in [-0.39, 0.29) is 5.91 Å². The van der Waals surface area contributed by atoms with Gasteiger partial charge in [0.1, 0.15) is 0 Å². The molecule has 2 aliphatic heterocycles. The van der Waals surface area contributed by atoms with Crippen LogP contribution >= 0.6 is 11.6 Å². The van der Waals surface area contributed by atoms with Crippen LogP contribution in [0.25, 0.3) is 11.1 Å². The summed E-state index contributed by atoms with van der Waals surface area (Å²) < 4.78 is 0. The highest BCUT2D eigenvalue weighted by Crippen LogP contribution is 2.34. The van der Waals surface area contributed by atoms with Crippen LogP contribution in [0.5, 0.6) is 0 Å². The molecule has 2 unspecified atom stereocenters. The normalized spacial score (nSPS) is 23.7. The number of benzene rings is 2. The molecule has 35 heavy (non-hydrogen) atoms. The predicted molar refractivity (Wildman–Crippen MR) is 141 cm³/mol. The minimum absolute atomic E-state index is 0.111. The smallest absolute Gasteiger partial charge is 0.253 e. The summed E-state index contributed by atoms with van der Waals surface area (Å²) in [6.45, 7) is 4.35. The van der Waals surface area contributed by atoms with Crippen LogP contribution in [0, 0.1) is 5.92 Å². The van der Waals surface area contributed by atoms with E-state index in [0.717, 1.165) is 86.5 Å². The van der Waals surface area contributed by atoms with E-state index in [9.17, 15) is 9.59 Å². The van der Waals surface area contributed by atoms with E-state index in [4.69, 9.17) is 11.6 Å². The Morgan fingerprint density at radius 1 is 0.943 bits per heavy atom. The van der Waals surface area contributed by atoms with Crippen molar-refractivity contribution >= 4 is 23.4 Å². The summed E-state index contributed by atoms with van der Waals surface area (Å²) >= 11 is 6.75. The van der Waals surface area contributed by atoms with Crippen molar-refractivity contribution in [2.75, 3.05) is 39.8 Å². The zero-order valence-corrected chi connectivity index (χ0v) is 21.5. The molecule has 2 aromatic rings. The van der Waals surface area contributed by atoms with Gasteiger partial charge in [0.15, 0.2) is 0 Å². The van der Waals surface area contributed by atoms with Gasteiger partial charge in [0.2, 0.25) is 5.91 Å². The number of piperazine rings is 1. The van der Waals surface area contributed by atoms with Crippen LogP contribution < -0.4 is 0 Å². The molecule has 5 rings (SSSR count).